The van der Waals surface area contributed by atoms with E-state index in [0.29, 0.717) is 18.2 Å². The van der Waals surface area contributed by atoms with E-state index in [4.69, 9.17) is 4.74 Å². The van der Waals surface area contributed by atoms with Gasteiger partial charge in [-0.15, -0.1) is 24.0 Å². The van der Waals surface area contributed by atoms with Crippen LogP contribution in [0.4, 0.5) is 4.39 Å². The van der Waals surface area contributed by atoms with Gasteiger partial charge in [0.15, 0.2) is 5.96 Å². The summed E-state index contributed by atoms with van der Waals surface area (Å²) in [5, 5.41) is 3.24. The first-order chi connectivity index (χ1) is 10.6. The topological polar surface area (TPSA) is 36.9 Å². The number of likely N-dealkylation sites (tertiary alicyclic amines) is 1. The van der Waals surface area contributed by atoms with Gasteiger partial charge < -0.3 is 15.0 Å². The van der Waals surface area contributed by atoms with E-state index in [0.717, 1.165) is 43.0 Å². The van der Waals surface area contributed by atoms with Crippen LogP contribution in [0, 0.1) is 5.82 Å². The minimum atomic E-state index is -0.215. The summed E-state index contributed by atoms with van der Waals surface area (Å²) < 4.78 is 20.2. The Morgan fingerprint density at radius 2 is 2.13 bits per heavy atom. The van der Waals surface area contributed by atoms with Crippen LogP contribution in [-0.2, 0) is 11.3 Å². The lowest BCUT2D eigenvalue weighted by Gasteiger charge is -2.34. The zero-order valence-corrected chi connectivity index (χ0v) is 17.4. The highest BCUT2D eigenvalue weighted by Crippen LogP contribution is 2.16. The van der Waals surface area contributed by atoms with Crippen molar-refractivity contribution in [1.29, 1.82) is 0 Å². The number of nitrogens with one attached hydrogen (secondary N) is 1. The van der Waals surface area contributed by atoms with Gasteiger partial charge in [-0.1, -0.05) is 22.0 Å². The fourth-order valence-electron chi connectivity index (χ4n) is 2.64. The van der Waals surface area contributed by atoms with Gasteiger partial charge in [0.25, 0.3) is 0 Å². The molecule has 1 aliphatic heterocycles. The smallest absolute Gasteiger partial charge is 0.193 e. The van der Waals surface area contributed by atoms with Crippen molar-refractivity contribution < 1.29 is 9.13 Å². The molecule has 0 aromatic heterocycles. The van der Waals surface area contributed by atoms with Gasteiger partial charge in [0.2, 0.25) is 0 Å². The SMILES string of the molecule is CCOC1CCN(C(=NC)NCc2ccc(Br)cc2F)CC1.I. The van der Waals surface area contributed by atoms with Gasteiger partial charge >= 0.3 is 0 Å². The average molecular weight is 500 g/mol. The second kappa shape index (κ2) is 10.5. The maximum Gasteiger partial charge on any atom is 0.193 e. The predicted molar refractivity (Wildman–Crippen MR) is 106 cm³/mol. The molecular formula is C16H24BrFIN3O. The van der Waals surface area contributed by atoms with E-state index in [-0.39, 0.29) is 29.8 Å². The number of nitrogens with zero attached hydrogens (tertiary/aromatic N) is 2. The summed E-state index contributed by atoms with van der Waals surface area (Å²) in [4.78, 5) is 6.50. The molecule has 1 N–H and O–H groups in total. The molecule has 0 unspecified atom stereocenters. The van der Waals surface area contributed by atoms with Crippen LogP contribution in [0.25, 0.3) is 0 Å². The van der Waals surface area contributed by atoms with E-state index in [2.05, 4.69) is 31.1 Å². The predicted octanol–water partition coefficient (Wildman–Crippen LogP) is 3.78. The van der Waals surface area contributed by atoms with Crippen molar-refractivity contribution in [3.63, 3.8) is 0 Å². The molecule has 0 atom stereocenters. The lowest BCUT2D eigenvalue weighted by atomic mass is 10.1. The van der Waals surface area contributed by atoms with Crippen LogP contribution >= 0.6 is 39.9 Å². The third kappa shape index (κ3) is 6.19. The van der Waals surface area contributed by atoms with E-state index < -0.39 is 0 Å². The molecule has 7 heteroatoms. The van der Waals surface area contributed by atoms with Crippen LogP contribution < -0.4 is 5.32 Å². The summed E-state index contributed by atoms with van der Waals surface area (Å²) >= 11 is 3.27. The number of rotatable bonds is 4. The molecule has 1 aliphatic rings. The van der Waals surface area contributed by atoms with Crippen molar-refractivity contribution in [3.8, 4) is 0 Å². The zero-order chi connectivity index (χ0) is 15.9. The second-order valence-corrected chi connectivity index (χ2v) is 6.19. The molecule has 4 nitrogen and oxygen atoms in total. The van der Waals surface area contributed by atoms with Crippen LogP contribution in [0.2, 0.25) is 0 Å². The van der Waals surface area contributed by atoms with Crippen LogP contribution in [0.3, 0.4) is 0 Å². The standard InChI is InChI=1S/C16H23BrFN3O.HI/c1-3-22-14-6-8-21(9-7-14)16(19-2)20-11-12-4-5-13(17)10-15(12)18;/h4-5,10,14H,3,6-9,11H2,1-2H3,(H,19,20);1H. The summed E-state index contributed by atoms with van der Waals surface area (Å²) in [6.45, 7) is 5.04. The molecule has 0 aliphatic carbocycles. The third-order valence-corrected chi connectivity index (χ3v) is 4.30. The highest BCUT2D eigenvalue weighted by Gasteiger charge is 2.21. The second-order valence-electron chi connectivity index (χ2n) is 5.28. The molecule has 2 rings (SSSR count). The molecule has 0 bridgehead atoms. The Hall–Kier alpha value is -0.410. The van der Waals surface area contributed by atoms with Crippen molar-refractivity contribution >= 4 is 45.9 Å². The number of guanidine groups is 1. The third-order valence-electron chi connectivity index (χ3n) is 3.81. The Kier molecular flexibility index (Phi) is 9.38. The monoisotopic (exact) mass is 499 g/mol. The van der Waals surface area contributed by atoms with Gasteiger partial charge in [-0.05, 0) is 31.9 Å². The van der Waals surface area contributed by atoms with Crippen LogP contribution in [0.15, 0.2) is 27.7 Å². The van der Waals surface area contributed by atoms with Crippen LogP contribution in [0.5, 0.6) is 0 Å². The van der Waals surface area contributed by atoms with Crippen molar-refractivity contribution in [1.82, 2.24) is 10.2 Å². The van der Waals surface area contributed by atoms with Crippen molar-refractivity contribution in [3.05, 3.63) is 34.1 Å². The van der Waals surface area contributed by atoms with Crippen molar-refractivity contribution in [2.45, 2.75) is 32.4 Å². The highest BCUT2D eigenvalue weighted by molar-refractivity contribution is 14.0. The fourth-order valence-corrected chi connectivity index (χ4v) is 2.97. The molecule has 0 spiro atoms. The van der Waals surface area contributed by atoms with Gasteiger partial charge in [0.05, 0.1) is 6.10 Å². The van der Waals surface area contributed by atoms with Crippen LogP contribution in [0.1, 0.15) is 25.3 Å². The minimum absolute atomic E-state index is 0. The molecule has 1 heterocycles. The lowest BCUT2D eigenvalue weighted by Crippen LogP contribution is -2.46. The maximum atomic E-state index is 13.8. The number of piperidine rings is 1. The van der Waals surface area contributed by atoms with Gasteiger partial charge in [-0.2, -0.15) is 0 Å². The molecule has 0 amide bonds. The summed E-state index contributed by atoms with van der Waals surface area (Å²) in [7, 11) is 1.76. The minimum Gasteiger partial charge on any atom is -0.378 e. The van der Waals surface area contributed by atoms with Gasteiger partial charge in [0, 0.05) is 43.3 Å². The molecule has 1 aromatic rings. The van der Waals surface area contributed by atoms with Crippen LogP contribution in [-0.4, -0.2) is 43.7 Å². The van der Waals surface area contributed by atoms with E-state index in [1.54, 1.807) is 13.1 Å². The molecule has 1 aromatic carbocycles. The first-order valence-electron chi connectivity index (χ1n) is 7.65. The number of ether oxygens (including phenoxy) is 1. The maximum absolute atomic E-state index is 13.8. The molecule has 1 saturated heterocycles. The quantitative estimate of drug-likeness (QED) is 0.389. The van der Waals surface area contributed by atoms with Crippen molar-refractivity contribution in [2.24, 2.45) is 4.99 Å². The van der Waals surface area contributed by atoms with Crippen molar-refractivity contribution in [2.75, 3.05) is 26.7 Å². The average Bonchev–Trinajstić information content (AvgIpc) is 2.51. The van der Waals surface area contributed by atoms with Gasteiger partial charge in [-0.25, -0.2) is 4.39 Å². The molecule has 0 saturated carbocycles. The highest BCUT2D eigenvalue weighted by atomic mass is 127. The number of benzene rings is 1. The fraction of sp³-hybridized carbons (Fsp3) is 0.562. The summed E-state index contributed by atoms with van der Waals surface area (Å²) in [5.41, 5.74) is 0.633. The van der Waals surface area contributed by atoms with E-state index in [1.165, 1.54) is 6.07 Å². The lowest BCUT2D eigenvalue weighted by molar-refractivity contribution is 0.0263. The van der Waals surface area contributed by atoms with E-state index >= 15 is 0 Å². The normalized spacial score (nSPS) is 16.2. The molecule has 1 fully saturated rings. The molecule has 23 heavy (non-hydrogen) atoms. The molecule has 0 radical (unpaired) electrons. The van der Waals surface area contributed by atoms with Gasteiger partial charge in [0.1, 0.15) is 5.82 Å². The zero-order valence-electron chi connectivity index (χ0n) is 13.5. The summed E-state index contributed by atoms with van der Waals surface area (Å²) in [6.07, 6.45) is 2.35. The number of aliphatic imine (C=N–C) groups is 1. The first kappa shape index (κ1) is 20.6. The van der Waals surface area contributed by atoms with E-state index in [9.17, 15) is 4.39 Å². The molecular weight excluding hydrogens is 476 g/mol. The Morgan fingerprint density at radius 3 is 2.70 bits per heavy atom. The van der Waals surface area contributed by atoms with E-state index in [1.807, 2.05) is 13.0 Å². The largest absolute Gasteiger partial charge is 0.378 e. The number of hydrogen-bond donors (Lipinski definition) is 1. The Balaban J connectivity index is 0.00000264. The van der Waals surface area contributed by atoms with Gasteiger partial charge in [-0.3, -0.25) is 4.99 Å². The first-order valence-corrected chi connectivity index (χ1v) is 8.44. The summed E-state index contributed by atoms with van der Waals surface area (Å²) in [6, 6.07) is 5.10. The number of hydrogen-bond acceptors (Lipinski definition) is 2. The number of halogens is 3. The Labute approximate surface area is 163 Å². The Morgan fingerprint density at radius 1 is 1.43 bits per heavy atom. The Bertz CT molecular complexity index is 522. The summed E-state index contributed by atoms with van der Waals surface area (Å²) in [5.74, 6) is 0.602. The molecule has 130 valence electrons.